The molecule has 0 aromatic heterocycles. The lowest BCUT2D eigenvalue weighted by Crippen LogP contribution is -2.17. The third-order valence-corrected chi connectivity index (χ3v) is 4.53. The SMILES string of the molecule is COc1cc(/C=N/NC(=O)c2ccc([N+](=O)[O-])cc2)ccc1OC(=O)c1ccccc1Cl. The second-order valence-electron chi connectivity index (χ2n) is 6.28. The highest BCUT2D eigenvalue weighted by Gasteiger charge is 2.15. The molecule has 0 fully saturated rings. The summed E-state index contributed by atoms with van der Waals surface area (Å²) in [6.45, 7) is 0. The van der Waals surface area contributed by atoms with E-state index in [9.17, 15) is 19.7 Å². The van der Waals surface area contributed by atoms with Gasteiger partial charge >= 0.3 is 5.97 Å². The van der Waals surface area contributed by atoms with Gasteiger partial charge in [-0.15, -0.1) is 0 Å². The highest BCUT2D eigenvalue weighted by molar-refractivity contribution is 6.33. The molecule has 0 aliphatic heterocycles. The van der Waals surface area contributed by atoms with Crippen LogP contribution < -0.4 is 14.9 Å². The summed E-state index contributed by atoms with van der Waals surface area (Å²) in [5.41, 5.74) is 3.20. The fraction of sp³-hybridized carbons (Fsp3) is 0.0455. The Kier molecular flexibility index (Phi) is 7.14. The Morgan fingerprint density at radius 2 is 1.78 bits per heavy atom. The summed E-state index contributed by atoms with van der Waals surface area (Å²) in [6.07, 6.45) is 1.37. The molecule has 0 radical (unpaired) electrons. The van der Waals surface area contributed by atoms with Gasteiger partial charge in [0.25, 0.3) is 11.6 Å². The molecule has 1 amide bonds. The minimum Gasteiger partial charge on any atom is -0.493 e. The molecule has 3 aromatic carbocycles. The molecule has 0 spiro atoms. The normalized spacial score (nSPS) is 10.6. The molecule has 0 aliphatic carbocycles. The zero-order valence-corrected chi connectivity index (χ0v) is 17.4. The first kappa shape index (κ1) is 22.4. The van der Waals surface area contributed by atoms with Crippen LogP contribution in [0.25, 0.3) is 0 Å². The molecule has 0 atom stereocenters. The summed E-state index contributed by atoms with van der Waals surface area (Å²) in [6, 6.07) is 16.3. The van der Waals surface area contributed by atoms with Crippen molar-refractivity contribution < 1.29 is 24.0 Å². The molecule has 3 rings (SSSR count). The topological polar surface area (TPSA) is 120 Å². The van der Waals surface area contributed by atoms with E-state index in [2.05, 4.69) is 10.5 Å². The zero-order valence-electron chi connectivity index (χ0n) is 16.7. The van der Waals surface area contributed by atoms with Gasteiger partial charge in [0.05, 0.1) is 28.8 Å². The molecule has 0 heterocycles. The second-order valence-corrected chi connectivity index (χ2v) is 6.69. The van der Waals surface area contributed by atoms with E-state index >= 15 is 0 Å². The fourth-order valence-electron chi connectivity index (χ4n) is 2.59. The van der Waals surface area contributed by atoms with Crippen molar-refractivity contribution in [2.45, 2.75) is 0 Å². The third-order valence-electron chi connectivity index (χ3n) is 4.20. The van der Waals surface area contributed by atoms with E-state index in [4.69, 9.17) is 21.1 Å². The van der Waals surface area contributed by atoms with Crippen molar-refractivity contribution in [2.24, 2.45) is 5.10 Å². The van der Waals surface area contributed by atoms with Crippen molar-refractivity contribution in [3.8, 4) is 11.5 Å². The lowest BCUT2D eigenvalue weighted by atomic mass is 10.2. The largest absolute Gasteiger partial charge is 0.493 e. The average molecular weight is 454 g/mol. The van der Waals surface area contributed by atoms with Crippen LogP contribution in [0.15, 0.2) is 71.8 Å². The molecule has 0 unspecified atom stereocenters. The van der Waals surface area contributed by atoms with E-state index in [1.165, 1.54) is 43.7 Å². The number of amides is 1. The van der Waals surface area contributed by atoms with Crippen molar-refractivity contribution in [3.05, 3.63) is 98.6 Å². The van der Waals surface area contributed by atoms with E-state index in [1.54, 1.807) is 36.4 Å². The van der Waals surface area contributed by atoms with Crippen LogP contribution in [0.1, 0.15) is 26.3 Å². The van der Waals surface area contributed by atoms with Crippen LogP contribution in [0, 0.1) is 10.1 Å². The zero-order chi connectivity index (χ0) is 23.1. The van der Waals surface area contributed by atoms with Gasteiger partial charge in [0.2, 0.25) is 0 Å². The van der Waals surface area contributed by atoms with E-state index in [-0.39, 0.29) is 33.3 Å². The van der Waals surface area contributed by atoms with E-state index in [1.807, 2.05) is 0 Å². The van der Waals surface area contributed by atoms with E-state index in [0.29, 0.717) is 5.56 Å². The molecule has 3 aromatic rings. The maximum atomic E-state index is 12.4. The van der Waals surface area contributed by atoms with E-state index < -0.39 is 16.8 Å². The number of hydrazone groups is 1. The molecule has 32 heavy (non-hydrogen) atoms. The minimum absolute atomic E-state index is 0.118. The number of carbonyl (C=O) groups is 2. The number of nitro groups is 1. The number of hydrogen-bond acceptors (Lipinski definition) is 7. The van der Waals surface area contributed by atoms with Crippen molar-refractivity contribution in [2.75, 3.05) is 7.11 Å². The summed E-state index contributed by atoms with van der Waals surface area (Å²) < 4.78 is 10.6. The predicted octanol–water partition coefficient (Wildman–Crippen LogP) is 4.24. The number of rotatable bonds is 7. The number of nitrogens with one attached hydrogen (secondary N) is 1. The first-order chi connectivity index (χ1) is 15.4. The molecular formula is C22H16ClN3O6. The van der Waals surface area contributed by atoms with Gasteiger partial charge in [-0.05, 0) is 48.0 Å². The number of benzene rings is 3. The van der Waals surface area contributed by atoms with Gasteiger partial charge in [0.15, 0.2) is 11.5 Å². The first-order valence-electron chi connectivity index (χ1n) is 9.11. The van der Waals surface area contributed by atoms with Crippen LogP contribution in [-0.4, -0.2) is 30.1 Å². The summed E-state index contributed by atoms with van der Waals surface area (Å²) in [4.78, 5) is 34.6. The van der Waals surface area contributed by atoms with Crippen LogP contribution >= 0.6 is 11.6 Å². The summed E-state index contributed by atoms with van der Waals surface area (Å²) in [5, 5.41) is 14.8. The maximum absolute atomic E-state index is 12.4. The lowest BCUT2D eigenvalue weighted by Gasteiger charge is -2.10. The number of carbonyl (C=O) groups excluding carboxylic acids is 2. The highest BCUT2D eigenvalue weighted by atomic mass is 35.5. The Morgan fingerprint density at radius 3 is 2.44 bits per heavy atom. The highest BCUT2D eigenvalue weighted by Crippen LogP contribution is 2.29. The number of nitrogens with zero attached hydrogens (tertiary/aromatic N) is 2. The summed E-state index contributed by atoms with van der Waals surface area (Å²) >= 11 is 6.02. The third kappa shape index (κ3) is 5.46. The van der Waals surface area contributed by atoms with E-state index in [0.717, 1.165) is 0 Å². The Balaban J connectivity index is 1.67. The molecule has 162 valence electrons. The molecule has 0 saturated carbocycles. The smallest absolute Gasteiger partial charge is 0.345 e. The van der Waals surface area contributed by atoms with Crippen LogP contribution in [-0.2, 0) is 0 Å². The molecule has 10 heteroatoms. The van der Waals surface area contributed by atoms with Crippen LogP contribution in [0.4, 0.5) is 5.69 Å². The Hall–Kier alpha value is -4.24. The molecule has 1 N–H and O–H groups in total. The van der Waals surface area contributed by atoms with Crippen LogP contribution in [0.5, 0.6) is 11.5 Å². The summed E-state index contributed by atoms with van der Waals surface area (Å²) in [7, 11) is 1.42. The number of ether oxygens (including phenoxy) is 2. The lowest BCUT2D eigenvalue weighted by molar-refractivity contribution is -0.384. The molecule has 0 saturated heterocycles. The van der Waals surface area contributed by atoms with Crippen LogP contribution in [0.3, 0.4) is 0 Å². The number of non-ortho nitro benzene ring substituents is 1. The van der Waals surface area contributed by atoms with Gasteiger partial charge in [-0.1, -0.05) is 23.7 Å². The van der Waals surface area contributed by atoms with Gasteiger partial charge in [0.1, 0.15) is 0 Å². The summed E-state index contributed by atoms with van der Waals surface area (Å²) in [5.74, 6) is -0.709. The Bertz CT molecular complexity index is 1190. The second kappa shape index (κ2) is 10.2. The molecule has 9 nitrogen and oxygen atoms in total. The average Bonchev–Trinajstić information content (AvgIpc) is 2.80. The number of methoxy groups -OCH3 is 1. The van der Waals surface area contributed by atoms with Gasteiger partial charge in [-0.2, -0.15) is 5.10 Å². The number of hydrogen-bond donors (Lipinski definition) is 1. The van der Waals surface area contributed by atoms with Crippen molar-refractivity contribution in [1.29, 1.82) is 0 Å². The number of halogens is 1. The quantitative estimate of drug-likeness (QED) is 0.188. The van der Waals surface area contributed by atoms with Crippen LogP contribution in [0.2, 0.25) is 5.02 Å². The molecule has 0 bridgehead atoms. The number of esters is 1. The first-order valence-corrected chi connectivity index (χ1v) is 9.49. The van der Waals surface area contributed by atoms with Crippen molar-refractivity contribution >= 4 is 35.4 Å². The Labute approximate surface area is 187 Å². The fourth-order valence-corrected chi connectivity index (χ4v) is 2.81. The number of nitro benzene ring substituents is 1. The standard InChI is InChI=1S/C22H16ClN3O6/c1-31-20-12-14(6-11-19(20)32-22(28)17-4-2-3-5-18(17)23)13-24-25-21(27)15-7-9-16(10-8-15)26(29)30/h2-13H,1H3,(H,25,27)/b24-13+. The van der Waals surface area contributed by atoms with Gasteiger partial charge in [0, 0.05) is 17.7 Å². The molecular weight excluding hydrogens is 438 g/mol. The maximum Gasteiger partial charge on any atom is 0.345 e. The van der Waals surface area contributed by atoms with Gasteiger partial charge in [-0.25, -0.2) is 10.2 Å². The Morgan fingerprint density at radius 1 is 1.06 bits per heavy atom. The minimum atomic E-state index is -0.634. The van der Waals surface area contributed by atoms with Crippen molar-refractivity contribution in [1.82, 2.24) is 5.43 Å². The van der Waals surface area contributed by atoms with Crippen molar-refractivity contribution in [3.63, 3.8) is 0 Å². The van der Waals surface area contributed by atoms with Gasteiger partial charge in [-0.3, -0.25) is 14.9 Å². The predicted molar refractivity (Wildman–Crippen MR) is 118 cm³/mol. The molecule has 0 aliphatic rings. The monoisotopic (exact) mass is 453 g/mol. The van der Waals surface area contributed by atoms with Gasteiger partial charge < -0.3 is 9.47 Å².